The van der Waals surface area contributed by atoms with Gasteiger partial charge in [0.15, 0.2) is 0 Å². The van der Waals surface area contributed by atoms with Crippen molar-refractivity contribution < 1.29 is 4.74 Å². The molecule has 2 bridgehead atoms. The van der Waals surface area contributed by atoms with E-state index in [9.17, 15) is 9.59 Å². The van der Waals surface area contributed by atoms with E-state index >= 15 is 0 Å². The van der Waals surface area contributed by atoms with Crippen molar-refractivity contribution in [3.05, 3.63) is 51.3 Å². The van der Waals surface area contributed by atoms with Crippen molar-refractivity contribution in [1.29, 1.82) is 0 Å². The lowest BCUT2D eigenvalue weighted by molar-refractivity contribution is -0.00192. The minimum absolute atomic E-state index is 0.138. The van der Waals surface area contributed by atoms with Crippen molar-refractivity contribution in [3.8, 4) is 5.69 Å². The molecule has 2 spiro atoms. The highest BCUT2D eigenvalue weighted by Crippen LogP contribution is 3.03. The van der Waals surface area contributed by atoms with Gasteiger partial charge in [0.1, 0.15) is 0 Å². The highest BCUT2D eigenvalue weighted by Gasteiger charge is 3.02. The molecule has 3 aliphatic heterocycles. The molecule has 8 atom stereocenters. The maximum absolute atomic E-state index is 13.4. The van der Waals surface area contributed by atoms with Crippen molar-refractivity contribution in [1.82, 2.24) is 13.9 Å². The molecule has 2 unspecified atom stereocenters. The molecule has 1 saturated heterocycles. The first-order valence-corrected chi connectivity index (χ1v) is 9.84. The van der Waals surface area contributed by atoms with Crippen LogP contribution < -0.4 is 11.4 Å². The lowest BCUT2D eigenvalue weighted by Gasteiger charge is -2.47. The summed E-state index contributed by atoms with van der Waals surface area (Å²) in [6.45, 7) is 1.62. The second kappa shape index (κ2) is 3.52. The Hall–Kier alpha value is -2.08. The predicted molar refractivity (Wildman–Crippen MR) is 91.2 cm³/mol. The van der Waals surface area contributed by atoms with Crippen LogP contribution in [0.5, 0.6) is 0 Å². The Morgan fingerprint density at radius 2 is 1.42 bits per heavy atom. The van der Waals surface area contributed by atoms with Crippen LogP contribution in [0.4, 0.5) is 0 Å². The summed E-state index contributed by atoms with van der Waals surface area (Å²) in [5.74, 6) is 2.77. The minimum Gasteiger partial charge on any atom is -0.381 e. The average molecular weight is 349 g/mol. The summed E-state index contributed by atoms with van der Waals surface area (Å²) in [7, 11) is 0. The zero-order valence-corrected chi connectivity index (χ0v) is 14.2. The fourth-order valence-electron chi connectivity index (χ4n) is 8.84. The molecule has 4 aliphatic carbocycles. The van der Waals surface area contributed by atoms with E-state index in [2.05, 4.69) is 0 Å². The third kappa shape index (κ3) is 0.942. The molecule has 1 aromatic heterocycles. The van der Waals surface area contributed by atoms with Gasteiger partial charge in [-0.05, 0) is 48.6 Å². The first-order valence-electron chi connectivity index (χ1n) is 9.84. The SMILES string of the molecule is O=c1n(-c2ccccc2)c(=O)n2n1[C@H]1[C@H]3C4C5[C@@]16CCOCC[C@]56[C@@H]2[C@@H]43. The van der Waals surface area contributed by atoms with Crippen LogP contribution in [0.2, 0.25) is 0 Å². The molecular weight excluding hydrogens is 330 g/mol. The molecule has 0 amide bonds. The van der Waals surface area contributed by atoms with Crippen LogP contribution in [0, 0.1) is 34.5 Å². The summed E-state index contributed by atoms with van der Waals surface area (Å²) in [4.78, 5) is 26.8. The Balaban J connectivity index is 1.45. The topological polar surface area (TPSA) is 58.2 Å². The van der Waals surface area contributed by atoms with Crippen LogP contribution in [0.15, 0.2) is 39.9 Å². The number of ether oxygens (including phenoxy) is 1. The van der Waals surface area contributed by atoms with Gasteiger partial charge in [-0.2, -0.15) is 0 Å². The van der Waals surface area contributed by atoms with E-state index < -0.39 is 0 Å². The van der Waals surface area contributed by atoms with Crippen molar-refractivity contribution in [3.63, 3.8) is 0 Å². The Labute approximate surface area is 149 Å². The zero-order chi connectivity index (χ0) is 17.0. The molecule has 0 N–H and O–H groups in total. The zero-order valence-electron chi connectivity index (χ0n) is 14.2. The van der Waals surface area contributed by atoms with Crippen LogP contribution in [0.1, 0.15) is 24.9 Å². The van der Waals surface area contributed by atoms with Gasteiger partial charge in [0, 0.05) is 24.0 Å². The molecule has 4 saturated carbocycles. The van der Waals surface area contributed by atoms with Gasteiger partial charge in [-0.3, -0.25) is 0 Å². The Morgan fingerprint density at radius 3 is 2.00 bits per heavy atom. The lowest BCUT2D eigenvalue weighted by atomic mass is 9.69. The molecule has 6 nitrogen and oxygen atoms in total. The monoisotopic (exact) mass is 349 g/mol. The first kappa shape index (κ1) is 13.1. The second-order valence-corrected chi connectivity index (χ2v) is 9.22. The van der Waals surface area contributed by atoms with E-state index in [0.717, 1.165) is 37.9 Å². The summed E-state index contributed by atoms with van der Waals surface area (Å²) < 4.78 is 11.0. The molecular formula is C20H19N3O3. The van der Waals surface area contributed by atoms with Gasteiger partial charge in [-0.1, -0.05) is 18.2 Å². The smallest absolute Gasteiger partial charge is 0.352 e. The third-order valence-electron chi connectivity index (χ3n) is 9.12. The number of para-hydroxylation sites is 1. The van der Waals surface area contributed by atoms with E-state index in [1.165, 1.54) is 4.57 Å². The van der Waals surface area contributed by atoms with E-state index in [1.54, 1.807) is 0 Å². The van der Waals surface area contributed by atoms with Gasteiger partial charge in [-0.15, -0.1) is 0 Å². The van der Waals surface area contributed by atoms with E-state index in [0.29, 0.717) is 17.5 Å². The van der Waals surface area contributed by atoms with E-state index in [1.807, 2.05) is 39.7 Å². The van der Waals surface area contributed by atoms with Gasteiger partial charge in [0.2, 0.25) is 0 Å². The standard InChI is InChI=1S/C20H19N3O3/c24-17-21(10-4-2-1-3-5-10)18(25)23-16-13-11-12(13)15(22(17)23)19-6-8-26-9-7-20(16,19)14(11)19/h1-5,11-16H,6-9H2/t11?,12-,13-,14?,15-,16-,19-,20+/m0/s1. The van der Waals surface area contributed by atoms with Crippen molar-refractivity contribution in [2.24, 2.45) is 34.5 Å². The Bertz CT molecular complexity index is 1060. The first-order chi connectivity index (χ1) is 12.7. The van der Waals surface area contributed by atoms with Crippen LogP contribution in [-0.2, 0) is 4.74 Å². The lowest BCUT2D eigenvalue weighted by Crippen LogP contribution is -2.52. The molecule has 26 heavy (non-hydrogen) atoms. The summed E-state index contributed by atoms with van der Waals surface area (Å²) in [6.07, 6.45) is 2.13. The maximum Gasteiger partial charge on any atom is 0.352 e. The molecule has 132 valence electrons. The summed E-state index contributed by atoms with van der Waals surface area (Å²) >= 11 is 0. The highest BCUT2D eigenvalue weighted by molar-refractivity contribution is 5.49. The van der Waals surface area contributed by atoms with Gasteiger partial charge in [0.25, 0.3) is 0 Å². The molecule has 6 heteroatoms. The van der Waals surface area contributed by atoms with Gasteiger partial charge in [-0.25, -0.2) is 23.5 Å². The van der Waals surface area contributed by atoms with Crippen molar-refractivity contribution in [2.75, 3.05) is 13.2 Å². The Kier molecular flexibility index (Phi) is 1.78. The van der Waals surface area contributed by atoms with E-state index in [4.69, 9.17) is 4.74 Å². The third-order valence-corrected chi connectivity index (χ3v) is 9.12. The number of hydrogen-bond donors (Lipinski definition) is 0. The summed E-state index contributed by atoms with van der Waals surface area (Å²) in [5, 5.41) is 0. The molecule has 0 radical (unpaired) electrons. The second-order valence-electron chi connectivity index (χ2n) is 9.22. The molecule has 4 heterocycles. The quantitative estimate of drug-likeness (QED) is 0.777. The largest absolute Gasteiger partial charge is 0.381 e. The summed E-state index contributed by atoms with van der Waals surface area (Å²) in [5.41, 5.74) is 0.876. The fraction of sp³-hybridized carbons (Fsp3) is 0.600. The highest BCUT2D eigenvalue weighted by atomic mass is 16.5. The van der Waals surface area contributed by atoms with Crippen LogP contribution in [-0.4, -0.2) is 27.1 Å². The number of benzene rings is 1. The number of nitrogens with zero attached hydrogens (tertiary/aromatic N) is 3. The van der Waals surface area contributed by atoms with E-state index in [-0.39, 0.29) is 34.3 Å². The van der Waals surface area contributed by atoms with Crippen LogP contribution in [0.25, 0.3) is 5.69 Å². The van der Waals surface area contributed by atoms with Gasteiger partial charge >= 0.3 is 11.4 Å². The summed E-state index contributed by atoms with van der Waals surface area (Å²) in [6, 6.07) is 9.83. The maximum atomic E-state index is 13.4. The van der Waals surface area contributed by atoms with Crippen molar-refractivity contribution >= 4 is 0 Å². The number of aromatic nitrogens is 3. The average Bonchev–Trinajstić information content (AvgIpc) is 3.42. The molecule has 9 rings (SSSR count). The molecule has 5 fully saturated rings. The Morgan fingerprint density at radius 1 is 0.846 bits per heavy atom. The normalized spacial score (nSPS) is 50.2. The number of hydrogen-bond acceptors (Lipinski definition) is 3. The number of rotatable bonds is 1. The van der Waals surface area contributed by atoms with Crippen molar-refractivity contribution in [2.45, 2.75) is 24.9 Å². The minimum atomic E-state index is -0.138. The van der Waals surface area contributed by atoms with Gasteiger partial charge in [0.05, 0.1) is 17.8 Å². The predicted octanol–water partition coefficient (Wildman–Crippen LogP) is 1.20. The van der Waals surface area contributed by atoms with Gasteiger partial charge < -0.3 is 4.74 Å². The molecule has 1 aromatic carbocycles. The molecule has 7 aliphatic rings. The molecule has 2 aromatic rings. The van der Waals surface area contributed by atoms with Crippen LogP contribution >= 0.6 is 0 Å². The van der Waals surface area contributed by atoms with Crippen LogP contribution in [0.3, 0.4) is 0 Å². The fourth-order valence-corrected chi connectivity index (χ4v) is 8.84.